The van der Waals surface area contributed by atoms with Crippen LogP contribution >= 0.6 is 11.6 Å². The van der Waals surface area contributed by atoms with Crippen molar-refractivity contribution in [2.45, 2.75) is 37.8 Å². The Hall–Kier alpha value is -1.88. The van der Waals surface area contributed by atoms with Gasteiger partial charge in [-0.3, -0.25) is 4.79 Å². The zero-order valence-corrected chi connectivity index (χ0v) is 19.7. The summed E-state index contributed by atoms with van der Waals surface area (Å²) in [5.74, 6) is -0.117. The second-order valence-electron chi connectivity index (χ2n) is 7.30. The number of nitrogens with zero attached hydrogens (tertiary/aromatic N) is 2. The molecule has 11 heteroatoms. The molecule has 1 saturated heterocycles. The first-order chi connectivity index (χ1) is 14.6. The standard InChI is InChI=1S/C20H25ClN2O6S2/c1-3-22(4-2)31(27,28)19-12-15(7-8-18(19)21)20(24)23(13-17-6-5-10-29-17)16-9-11-30(25,26)14-16/h5-8,10,12,16H,3-4,9,11,13-14H2,1-2H3/t16-/m0/s1. The summed E-state index contributed by atoms with van der Waals surface area (Å²) in [6.45, 7) is 4.04. The van der Waals surface area contributed by atoms with E-state index in [1.807, 2.05) is 0 Å². The molecule has 1 aliphatic heterocycles. The average molecular weight is 489 g/mol. The third-order valence-electron chi connectivity index (χ3n) is 5.32. The van der Waals surface area contributed by atoms with Crippen molar-refractivity contribution < 1.29 is 26.0 Å². The van der Waals surface area contributed by atoms with Gasteiger partial charge in [-0.2, -0.15) is 4.31 Å². The van der Waals surface area contributed by atoms with Gasteiger partial charge in [-0.25, -0.2) is 16.8 Å². The summed E-state index contributed by atoms with van der Waals surface area (Å²) < 4.78 is 56.6. The summed E-state index contributed by atoms with van der Waals surface area (Å²) in [5.41, 5.74) is 0.117. The van der Waals surface area contributed by atoms with Gasteiger partial charge < -0.3 is 9.32 Å². The Morgan fingerprint density at radius 2 is 1.94 bits per heavy atom. The van der Waals surface area contributed by atoms with Crippen LogP contribution < -0.4 is 0 Å². The third kappa shape index (κ3) is 5.14. The summed E-state index contributed by atoms with van der Waals surface area (Å²) >= 11 is 6.18. The fourth-order valence-corrected chi connectivity index (χ4v) is 7.35. The minimum atomic E-state index is -3.88. The lowest BCUT2D eigenvalue weighted by atomic mass is 10.1. The van der Waals surface area contributed by atoms with E-state index in [0.29, 0.717) is 12.2 Å². The van der Waals surface area contributed by atoms with Crippen LogP contribution in [0.25, 0.3) is 0 Å². The number of hydrogen-bond acceptors (Lipinski definition) is 6. The van der Waals surface area contributed by atoms with Crippen molar-refractivity contribution in [2.75, 3.05) is 24.6 Å². The number of halogens is 1. The highest BCUT2D eigenvalue weighted by Crippen LogP contribution is 2.28. The second kappa shape index (κ2) is 9.32. The van der Waals surface area contributed by atoms with Gasteiger partial charge in [0, 0.05) is 24.7 Å². The number of sulfone groups is 1. The third-order valence-corrected chi connectivity index (χ3v) is 9.60. The number of carbonyl (C=O) groups is 1. The minimum absolute atomic E-state index is 0.00179. The highest BCUT2D eigenvalue weighted by molar-refractivity contribution is 7.91. The molecular formula is C20H25ClN2O6S2. The summed E-state index contributed by atoms with van der Waals surface area (Å²) in [6.07, 6.45) is 1.79. The van der Waals surface area contributed by atoms with Crippen LogP contribution in [0.4, 0.5) is 0 Å². The maximum absolute atomic E-state index is 13.4. The molecule has 0 aliphatic carbocycles. The molecule has 0 bridgehead atoms. The number of furan rings is 1. The van der Waals surface area contributed by atoms with Gasteiger partial charge >= 0.3 is 0 Å². The van der Waals surface area contributed by atoms with E-state index in [1.54, 1.807) is 26.0 Å². The van der Waals surface area contributed by atoms with Gasteiger partial charge in [0.05, 0.1) is 29.3 Å². The molecule has 2 aromatic rings. The fourth-order valence-electron chi connectivity index (χ4n) is 3.66. The van der Waals surface area contributed by atoms with E-state index < -0.39 is 31.8 Å². The van der Waals surface area contributed by atoms with Crippen molar-refractivity contribution in [1.82, 2.24) is 9.21 Å². The lowest BCUT2D eigenvalue weighted by Crippen LogP contribution is -2.40. The first-order valence-electron chi connectivity index (χ1n) is 9.92. The lowest BCUT2D eigenvalue weighted by Gasteiger charge is -2.28. The normalized spacial score (nSPS) is 18.4. The topological polar surface area (TPSA) is 105 Å². The average Bonchev–Trinajstić information content (AvgIpc) is 3.35. The van der Waals surface area contributed by atoms with E-state index in [4.69, 9.17) is 16.0 Å². The first-order valence-corrected chi connectivity index (χ1v) is 13.6. The molecule has 0 N–H and O–H groups in total. The zero-order valence-electron chi connectivity index (χ0n) is 17.3. The molecule has 0 unspecified atom stereocenters. The fraction of sp³-hybridized carbons (Fsp3) is 0.450. The van der Waals surface area contributed by atoms with Gasteiger partial charge in [-0.05, 0) is 36.8 Å². The molecule has 31 heavy (non-hydrogen) atoms. The molecule has 1 atom stereocenters. The SMILES string of the molecule is CCN(CC)S(=O)(=O)c1cc(C(=O)N(Cc2ccco2)[C@H]2CCS(=O)(=O)C2)ccc1Cl. The molecule has 1 aliphatic rings. The molecular weight excluding hydrogens is 464 g/mol. The van der Waals surface area contributed by atoms with Crippen molar-refractivity contribution in [1.29, 1.82) is 0 Å². The van der Waals surface area contributed by atoms with Gasteiger partial charge in [-0.1, -0.05) is 25.4 Å². The number of carbonyl (C=O) groups excluding carboxylic acids is 1. The quantitative estimate of drug-likeness (QED) is 0.565. The van der Waals surface area contributed by atoms with Crippen LogP contribution in [0.3, 0.4) is 0 Å². The van der Waals surface area contributed by atoms with Crippen molar-refractivity contribution in [3.8, 4) is 0 Å². The highest BCUT2D eigenvalue weighted by Gasteiger charge is 2.36. The molecule has 2 heterocycles. The molecule has 1 amide bonds. The first kappa shape index (κ1) is 23.8. The number of amides is 1. The molecule has 1 fully saturated rings. The molecule has 8 nitrogen and oxygen atoms in total. The van der Waals surface area contributed by atoms with Crippen molar-refractivity contribution in [2.24, 2.45) is 0 Å². The summed E-state index contributed by atoms with van der Waals surface area (Å²) in [7, 11) is -7.12. The summed E-state index contributed by atoms with van der Waals surface area (Å²) in [4.78, 5) is 14.7. The van der Waals surface area contributed by atoms with Crippen LogP contribution in [0, 0.1) is 0 Å². The molecule has 1 aromatic carbocycles. The van der Waals surface area contributed by atoms with E-state index in [9.17, 15) is 21.6 Å². The predicted molar refractivity (Wildman–Crippen MR) is 117 cm³/mol. The monoisotopic (exact) mass is 488 g/mol. The van der Waals surface area contributed by atoms with E-state index in [0.717, 1.165) is 0 Å². The smallest absolute Gasteiger partial charge is 0.254 e. The van der Waals surface area contributed by atoms with Crippen LogP contribution in [0.2, 0.25) is 5.02 Å². The Labute approximate surface area is 187 Å². The minimum Gasteiger partial charge on any atom is -0.467 e. The summed E-state index contributed by atoms with van der Waals surface area (Å²) in [6, 6.07) is 6.94. The Kier molecular flexibility index (Phi) is 7.14. The van der Waals surface area contributed by atoms with Gasteiger partial charge in [0.15, 0.2) is 9.84 Å². The van der Waals surface area contributed by atoms with Crippen LogP contribution in [0.5, 0.6) is 0 Å². The van der Waals surface area contributed by atoms with E-state index in [2.05, 4.69) is 0 Å². The van der Waals surface area contributed by atoms with Gasteiger partial charge in [0.2, 0.25) is 10.0 Å². The number of rotatable bonds is 8. The molecule has 3 rings (SSSR count). The van der Waals surface area contributed by atoms with Crippen LogP contribution in [-0.2, 0) is 26.4 Å². The molecule has 170 valence electrons. The van der Waals surface area contributed by atoms with E-state index in [-0.39, 0.29) is 46.6 Å². The summed E-state index contributed by atoms with van der Waals surface area (Å²) in [5, 5.41) is 0.0180. The van der Waals surface area contributed by atoms with E-state index >= 15 is 0 Å². The maximum Gasteiger partial charge on any atom is 0.254 e. The Morgan fingerprint density at radius 3 is 2.48 bits per heavy atom. The van der Waals surface area contributed by atoms with Gasteiger partial charge in [0.1, 0.15) is 10.7 Å². The number of sulfonamides is 1. The van der Waals surface area contributed by atoms with Gasteiger partial charge in [-0.15, -0.1) is 0 Å². The highest BCUT2D eigenvalue weighted by atomic mass is 35.5. The molecule has 0 radical (unpaired) electrons. The largest absolute Gasteiger partial charge is 0.467 e. The molecule has 1 aromatic heterocycles. The lowest BCUT2D eigenvalue weighted by molar-refractivity contribution is 0.0666. The van der Waals surface area contributed by atoms with Crippen molar-refractivity contribution >= 4 is 37.4 Å². The van der Waals surface area contributed by atoms with Crippen molar-refractivity contribution in [3.63, 3.8) is 0 Å². The maximum atomic E-state index is 13.4. The Bertz CT molecular complexity index is 1140. The van der Waals surface area contributed by atoms with Crippen molar-refractivity contribution in [3.05, 3.63) is 52.9 Å². The predicted octanol–water partition coefficient (Wildman–Crippen LogP) is 2.79. The molecule has 0 saturated carbocycles. The Balaban J connectivity index is 2.00. The van der Waals surface area contributed by atoms with Crippen LogP contribution in [-0.4, -0.2) is 62.6 Å². The molecule has 0 spiro atoms. The number of benzene rings is 1. The zero-order chi connectivity index (χ0) is 22.8. The van der Waals surface area contributed by atoms with Gasteiger partial charge in [0.25, 0.3) is 5.91 Å². The van der Waals surface area contributed by atoms with Crippen LogP contribution in [0.15, 0.2) is 45.9 Å². The second-order valence-corrected chi connectivity index (χ2v) is 11.8. The number of hydrogen-bond donors (Lipinski definition) is 0. The Morgan fingerprint density at radius 1 is 1.23 bits per heavy atom. The van der Waals surface area contributed by atoms with Crippen LogP contribution in [0.1, 0.15) is 36.4 Å². The van der Waals surface area contributed by atoms with E-state index in [1.165, 1.54) is 33.7 Å².